The molecule has 5 nitrogen and oxygen atoms in total. The van der Waals surface area contributed by atoms with Gasteiger partial charge in [-0.3, -0.25) is 4.79 Å². The molecule has 0 bridgehead atoms. The number of carbonyl (C=O) groups is 1. The molecule has 2 aromatic heterocycles. The SMILES string of the molecule is CC(=O)Nc1cccc2c1CCN(c1nc(C)nc3scc(CC(C)C)c13)C2. The highest BCUT2D eigenvalue weighted by Gasteiger charge is 2.24. The van der Waals surface area contributed by atoms with E-state index in [-0.39, 0.29) is 5.91 Å². The molecule has 1 aromatic carbocycles. The van der Waals surface area contributed by atoms with Gasteiger partial charge in [0, 0.05) is 25.7 Å². The van der Waals surface area contributed by atoms with Gasteiger partial charge in [-0.05, 0) is 53.8 Å². The van der Waals surface area contributed by atoms with E-state index in [2.05, 4.69) is 40.5 Å². The van der Waals surface area contributed by atoms with E-state index in [9.17, 15) is 4.79 Å². The number of benzene rings is 1. The number of aromatic nitrogens is 2. The molecule has 0 saturated heterocycles. The molecule has 0 radical (unpaired) electrons. The zero-order valence-corrected chi connectivity index (χ0v) is 17.7. The zero-order valence-electron chi connectivity index (χ0n) is 16.9. The van der Waals surface area contributed by atoms with Gasteiger partial charge in [-0.25, -0.2) is 9.97 Å². The standard InChI is InChI=1S/C22H26N4OS/c1-13(2)10-17-12-28-22-20(17)21(23-14(3)24-22)26-9-8-18-16(11-26)6-5-7-19(18)25-15(4)27/h5-7,12-13H,8-11H2,1-4H3,(H,25,27). The first-order valence-corrected chi connectivity index (χ1v) is 10.7. The molecular weight excluding hydrogens is 368 g/mol. The van der Waals surface area contributed by atoms with Gasteiger partial charge in [-0.15, -0.1) is 11.3 Å². The van der Waals surface area contributed by atoms with Crippen molar-refractivity contribution in [1.29, 1.82) is 0 Å². The van der Waals surface area contributed by atoms with Crippen LogP contribution in [0.2, 0.25) is 0 Å². The molecule has 1 amide bonds. The van der Waals surface area contributed by atoms with Crippen molar-refractivity contribution >= 4 is 39.0 Å². The first kappa shape index (κ1) is 18.9. The third-order valence-corrected chi connectivity index (χ3v) is 6.03. The Morgan fingerprint density at radius 3 is 2.89 bits per heavy atom. The van der Waals surface area contributed by atoms with Crippen LogP contribution in [0.5, 0.6) is 0 Å². The Labute approximate surface area is 169 Å². The first-order valence-electron chi connectivity index (χ1n) is 9.80. The number of amides is 1. The monoisotopic (exact) mass is 394 g/mol. The fourth-order valence-corrected chi connectivity index (χ4v) is 4.99. The highest BCUT2D eigenvalue weighted by atomic mass is 32.1. The smallest absolute Gasteiger partial charge is 0.221 e. The van der Waals surface area contributed by atoms with Gasteiger partial charge in [-0.1, -0.05) is 26.0 Å². The average molecular weight is 395 g/mol. The molecule has 0 unspecified atom stereocenters. The van der Waals surface area contributed by atoms with Crippen molar-refractivity contribution in [3.05, 3.63) is 46.1 Å². The van der Waals surface area contributed by atoms with Crippen LogP contribution in [0, 0.1) is 12.8 Å². The number of hydrogen-bond acceptors (Lipinski definition) is 5. The number of carbonyl (C=O) groups excluding carboxylic acids is 1. The Hall–Kier alpha value is -2.47. The van der Waals surface area contributed by atoms with Crippen LogP contribution in [0.15, 0.2) is 23.6 Å². The highest BCUT2D eigenvalue weighted by molar-refractivity contribution is 7.17. The molecule has 0 atom stereocenters. The van der Waals surface area contributed by atoms with E-state index < -0.39 is 0 Å². The van der Waals surface area contributed by atoms with Crippen molar-refractivity contribution in [1.82, 2.24) is 9.97 Å². The van der Waals surface area contributed by atoms with E-state index in [4.69, 9.17) is 4.98 Å². The van der Waals surface area contributed by atoms with E-state index >= 15 is 0 Å². The Kier molecular flexibility index (Phi) is 5.06. The summed E-state index contributed by atoms with van der Waals surface area (Å²) in [4.78, 5) is 24.5. The predicted molar refractivity (Wildman–Crippen MR) is 116 cm³/mol. The van der Waals surface area contributed by atoms with E-state index in [1.165, 1.54) is 22.1 Å². The van der Waals surface area contributed by atoms with Crippen LogP contribution in [0.1, 0.15) is 43.3 Å². The minimum Gasteiger partial charge on any atom is -0.351 e. The molecule has 1 aliphatic heterocycles. The van der Waals surface area contributed by atoms with Crippen LogP contribution in [0.3, 0.4) is 0 Å². The molecule has 4 rings (SSSR count). The number of hydrogen-bond donors (Lipinski definition) is 1. The Bertz CT molecular complexity index is 1040. The molecule has 3 heterocycles. The minimum absolute atomic E-state index is 0.0273. The first-order chi connectivity index (χ1) is 13.4. The second kappa shape index (κ2) is 7.51. The van der Waals surface area contributed by atoms with Gasteiger partial charge in [0.15, 0.2) is 0 Å². The number of rotatable bonds is 4. The lowest BCUT2D eigenvalue weighted by molar-refractivity contribution is -0.114. The largest absolute Gasteiger partial charge is 0.351 e. The third-order valence-electron chi connectivity index (χ3n) is 5.11. The van der Waals surface area contributed by atoms with Crippen molar-refractivity contribution in [3.8, 4) is 0 Å². The van der Waals surface area contributed by atoms with Crippen molar-refractivity contribution < 1.29 is 4.79 Å². The van der Waals surface area contributed by atoms with Crippen LogP contribution >= 0.6 is 11.3 Å². The Morgan fingerprint density at radius 1 is 1.32 bits per heavy atom. The lowest BCUT2D eigenvalue weighted by Crippen LogP contribution is -2.32. The fraction of sp³-hybridized carbons (Fsp3) is 0.409. The molecular formula is C22H26N4OS. The molecule has 0 fully saturated rings. The Morgan fingerprint density at radius 2 is 2.14 bits per heavy atom. The average Bonchev–Trinajstić information content (AvgIpc) is 3.02. The summed E-state index contributed by atoms with van der Waals surface area (Å²) in [6, 6.07) is 6.16. The lowest BCUT2D eigenvalue weighted by atomic mass is 9.97. The maximum Gasteiger partial charge on any atom is 0.221 e. The Balaban J connectivity index is 1.74. The summed E-state index contributed by atoms with van der Waals surface area (Å²) >= 11 is 1.72. The van der Waals surface area contributed by atoms with Crippen LogP contribution in [-0.2, 0) is 24.2 Å². The minimum atomic E-state index is -0.0273. The van der Waals surface area contributed by atoms with Gasteiger partial charge in [0.25, 0.3) is 0 Å². The van der Waals surface area contributed by atoms with E-state index in [0.717, 1.165) is 48.1 Å². The second-order valence-corrected chi connectivity index (χ2v) is 8.79. The quantitative estimate of drug-likeness (QED) is 0.696. The number of nitrogens with zero attached hydrogens (tertiary/aromatic N) is 3. The molecule has 0 aliphatic carbocycles. The van der Waals surface area contributed by atoms with Gasteiger partial charge < -0.3 is 10.2 Å². The molecule has 28 heavy (non-hydrogen) atoms. The fourth-order valence-electron chi connectivity index (χ4n) is 4.00. The second-order valence-electron chi connectivity index (χ2n) is 7.93. The predicted octanol–water partition coefficient (Wildman–Crippen LogP) is 4.72. The van der Waals surface area contributed by atoms with Gasteiger partial charge in [0.1, 0.15) is 16.5 Å². The van der Waals surface area contributed by atoms with E-state index in [1.54, 1.807) is 18.3 Å². The summed E-state index contributed by atoms with van der Waals surface area (Å²) in [5, 5.41) is 6.43. The van der Waals surface area contributed by atoms with E-state index in [0.29, 0.717) is 5.92 Å². The topological polar surface area (TPSA) is 58.1 Å². The van der Waals surface area contributed by atoms with Crippen molar-refractivity contribution in [3.63, 3.8) is 0 Å². The highest BCUT2D eigenvalue weighted by Crippen LogP contribution is 2.36. The molecule has 0 spiro atoms. The summed E-state index contributed by atoms with van der Waals surface area (Å²) in [6.45, 7) is 9.70. The van der Waals surface area contributed by atoms with Crippen molar-refractivity contribution in [2.75, 3.05) is 16.8 Å². The summed E-state index contributed by atoms with van der Waals surface area (Å²) < 4.78 is 0. The molecule has 146 valence electrons. The molecule has 1 N–H and O–H groups in total. The van der Waals surface area contributed by atoms with Crippen molar-refractivity contribution in [2.24, 2.45) is 5.92 Å². The third kappa shape index (κ3) is 3.61. The number of fused-ring (bicyclic) bond motifs is 2. The molecule has 6 heteroatoms. The molecule has 3 aromatic rings. The van der Waals surface area contributed by atoms with Crippen LogP contribution in [0.4, 0.5) is 11.5 Å². The molecule has 0 saturated carbocycles. The van der Waals surface area contributed by atoms with Crippen LogP contribution < -0.4 is 10.2 Å². The molecule has 1 aliphatic rings. The van der Waals surface area contributed by atoms with Crippen LogP contribution in [-0.4, -0.2) is 22.4 Å². The zero-order chi connectivity index (χ0) is 19.8. The van der Waals surface area contributed by atoms with Gasteiger partial charge in [0.05, 0.1) is 5.39 Å². The maximum atomic E-state index is 11.5. The number of nitrogens with one attached hydrogen (secondary N) is 1. The van der Waals surface area contributed by atoms with Gasteiger partial charge in [-0.2, -0.15) is 0 Å². The summed E-state index contributed by atoms with van der Waals surface area (Å²) in [7, 11) is 0. The van der Waals surface area contributed by atoms with Gasteiger partial charge in [0.2, 0.25) is 5.91 Å². The summed E-state index contributed by atoms with van der Waals surface area (Å²) in [5.41, 5.74) is 4.78. The summed E-state index contributed by atoms with van der Waals surface area (Å²) in [6.07, 6.45) is 1.93. The maximum absolute atomic E-state index is 11.5. The van der Waals surface area contributed by atoms with Gasteiger partial charge >= 0.3 is 0 Å². The number of thiophene rings is 1. The normalized spacial score (nSPS) is 13.8. The summed E-state index contributed by atoms with van der Waals surface area (Å²) in [5.74, 6) is 2.43. The van der Waals surface area contributed by atoms with E-state index in [1.807, 2.05) is 19.1 Å². The number of aryl methyl sites for hydroxylation is 1. The number of anilines is 2. The lowest BCUT2D eigenvalue weighted by Gasteiger charge is -2.31. The van der Waals surface area contributed by atoms with Crippen LogP contribution in [0.25, 0.3) is 10.2 Å². The van der Waals surface area contributed by atoms with Crippen molar-refractivity contribution in [2.45, 2.75) is 47.1 Å².